The number of ether oxygens (including phenoxy) is 1. The van der Waals surface area contributed by atoms with Crippen LogP contribution in [0.2, 0.25) is 0 Å². The molecule has 0 aliphatic heterocycles. The molecule has 2 rings (SSSR count). The Bertz CT molecular complexity index is 319. The van der Waals surface area contributed by atoms with Crippen LogP contribution in [-0.4, -0.2) is 17.4 Å². The molecule has 0 spiro atoms. The lowest BCUT2D eigenvalue weighted by Crippen LogP contribution is -2.12. The van der Waals surface area contributed by atoms with Crippen LogP contribution in [0.3, 0.4) is 0 Å². The number of carbonyl (C=O) groups is 1. The number of hydrogen-bond acceptors (Lipinski definition) is 3. The summed E-state index contributed by atoms with van der Waals surface area (Å²) in [5.41, 5.74) is 0.402. The van der Waals surface area contributed by atoms with Crippen molar-refractivity contribution in [1.82, 2.24) is 4.98 Å². The third kappa shape index (κ3) is 1.92. The molecule has 1 fully saturated rings. The molecular weight excluding hydrogens is 178 g/mol. The molecule has 0 unspecified atom stereocenters. The van der Waals surface area contributed by atoms with Gasteiger partial charge in [0.25, 0.3) is 0 Å². The second kappa shape index (κ2) is 4.22. The Morgan fingerprint density at radius 1 is 1.43 bits per heavy atom. The monoisotopic (exact) mass is 191 g/mol. The average Bonchev–Trinajstić information content (AvgIpc) is 2.71. The summed E-state index contributed by atoms with van der Waals surface area (Å²) in [4.78, 5) is 14.6. The van der Waals surface area contributed by atoms with E-state index in [1.54, 1.807) is 18.3 Å². The van der Waals surface area contributed by atoms with E-state index in [1.807, 2.05) is 0 Å². The molecule has 1 saturated carbocycles. The Labute approximate surface area is 83.1 Å². The molecule has 0 saturated heterocycles. The fourth-order valence-electron chi connectivity index (χ4n) is 1.78. The zero-order chi connectivity index (χ0) is 9.80. The molecule has 0 radical (unpaired) electrons. The molecule has 0 amide bonds. The molecule has 0 aromatic carbocycles. The predicted molar refractivity (Wildman–Crippen MR) is 52.5 cm³/mol. The maximum Gasteiger partial charge on any atom is 0.172 e. The second-order valence-corrected chi connectivity index (χ2v) is 3.53. The fraction of sp³-hybridized carbons (Fsp3) is 0.455. The number of nitrogens with zero attached hydrogens (tertiary/aromatic N) is 1. The Balaban J connectivity index is 2.10. The fourth-order valence-corrected chi connectivity index (χ4v) is 1.78. The van der Waals surface area contributed by atoms with E-state index in [4.69, 9.17) is 4.74 Å². The van der Waals surface area contributed by atoms with Crippen molar-refractivity contribution in [2.24, 2.45) is 0 Å². The lowest BCUT2D eigenvalue weighted by atomic mass is 10.3. The van der Waals surface area contributed by atoms with Crippen LogP contribution in [0, 0.1) is 0 Å². The summed E-state index contributed by atoms with van der Waals surface area (Å²) in [6.45, 7) is 0. The summed E-state index contributed by atoms with van der Waals surface area (Å²) >= 11 is 0. The first kappa shape index (κ1) is 9.19. The van der Waals surface area contributed by atoms with Gasteiger partial charge in [0.2, 0.25) is 0 Å². The molecule has 1 aliphatic carbocycles. The molecule has 3 heteroatoms. The Morgan fingerprint density at radius 3 is 2.93 bits per heavy atom. The number of carbonyl (C=O) groups excluding carboxylic acids is 1. The largest absolute Gasteiger partial charge is 0.488 e. The smallest absolute Gasteiger partial charge is 0.172 e. The normalized spacial score (nSPS) is 16.9. The van der Waals surface area contributed by atoms with Crippen molar-refractivity contribution in [1.29, 1.82) is 0 Å². The molecular formula is C11H13NO2. The van der Waals surface area contributed by atoms with E-state index in [0.717, 1.165) is 19.1 Å². The number of pyridine rings is 1. The van der Waals surface area contributed by atoms with Crippen LogP contribution in [0.25, 0.3) is 0 Å². The van der Waals surface area contributed by atoms with Crippen LogP contribution in [-0.2, 0) is 0 Å². The zero-order valence-electron chi connectivity index (χ0n) is 7.98. The molecule has 3 nitrogen and oxygen atoms in total. The minimum atomic E-state index is 0.276. The molecule has 0 N–H and O–H groups in total. The molecule has 1 aliphatic rings. The highest BCUT2D eigenvalue weighted by Crippen LogP contribution is 2.24. The van der Waals surface area contributed by atoms with Crippen molar-refractivity contribution in [3.63, 3.8) is 0 Å². The van der Waals surface area contributed by atoms with Crippen molar-refractivity contribution in [3.05, 3.63) is 24.0 Å². The van der Waals surface area contributed by atoms with E-state index in [1.165, 1.54) is 12.8 Å². The summed E-state index contributed by atoms with van der Waals surface area (Å²) < 4.78 is 5.70. The lowest BCUT2D eigenvalue weighted by molar-refractivity contribution is 0.111. The summed E-state index contributed by atoms with van der Waals surface area (Å²) in [7, 11) is 0. The average molecular weight is 191 g/mol. The summed E-state index contributed by atoms with van der Waals surface area (Å²) in [6.07, 6.45) is 7.25. The molecule has 1 aromatic rings. The van der Waals surface area contributed by atoms with Crippen LogP contribution >= 0.6 is 0 Å². The zero-order valence-corrected chi connectivity index (χ0v) is 7.98. The summed E-state index contributed by atoms with van der Waals surface area (Å²) in [5.74, 6) is 0.620. The van der Waals surface area contributed by atoms with E-state index in [-0.39, 0.29) is 6.10 Å². The van der Waals surface area contributed by atoms with Gasteiger partial charge in [-0.05, 0) is 37.8 Å². The van der Waals surface area contributed by atoms with E-state index < -0.39 is 0 Å². The minimum absolute atomic E-state index is 0.276. The van der Waals surface area contributed by atoms with Crippen molar-refractivity contribution >= 4 is 6.29 Å². The van der Waals surface area contributed by atoms with Gasteiger partial charge in [-0.2, -0.15) is 0 Å². The maximum absolute atomic E-state index is 10.7. The second-order valence-electron chi connectivity index (χ2n) is 3.53. The van der Waals surface area contributed by atoms with Crippen molar-refractivity contribution < 1.29 is 9.53 Å². The van der Waals surface area contributed by atoms with Gasteiger partial charge in [-0.1, -0.05) is 0 Å². The first-order chi connectivity index (χ1) is 6.90. The maximum atomic E-state index is 10.7. The van der Waals surface area contributed by atoms with Crippen LogP contribution < -0.4 is 4.74 Å². The molecule has 74 valence electrons. The van der Waals surface area contributed by atoms with Gasteiger partial charge in [-0.15, -0.1) is 0 Å². The van der Waals surface area contributed by atoms with Crippen LogP contribution in [0.5, 0.6) is 5.75 Å². The van der Waals surface area contributed by atoms with Crippen LogP contribution in [0.4, 0.5) is 0 Å². The topological polar surface area (TPSA) is 39.2 Å². The standard InChI is InChI=1S/C11H13NO2/c13-8-10-11(6-3-7-12-10)14-9-4-1-2-5-9/h3,6-9H,1-2,4-5H2. The predicted octanol–water partition coefficient (Wildman–Crippen LogP) is 2.22. The molecule has 14 heavy (non-hydrogen) atoms. The first-order valence-electron chi connectivity index (χ1n) is 4.97. The molecule has 1 aromatic heterocycles. The SMILES string of the molecule is O=Cc1ncccc1OC1CCCC1. The van der Waals surface area contributed by atoms with Gasteiger partial charge in [0.05, 0.1) is 6.10 Å². The lowest BCUT2D eigenvalue weighted by Gasteiger charge is -2.13. The van der Waals surface area contributed by atoms with Gasteiger partial charge >= 0.3 is 0 Å². The van der Waals surface area contributed by atoms with Gasteiger partial charge in [0, 0.05) is 6.20 Å². The first-order valence-corrected chi connectivity index (χ1v) is 4.97. The third-order valence-corrected chi connectivity index (χ3v) is 2.51. The Hall–Kier alpha value is -1.38. The number of aromatic nitrogens is 1. The van der Waals surface area contributed by atoms with Crippen LogP contribution in [0.15, 0.2) is 18.3 Å². The van der Waals surface area contributed by atoms with Gasteiger partial charge in [-0.3, -0.25) is 4.79 Å². The number of rotatable bonds is 3. The quantitative estimate of drug-likeness (QED) is 0.687. The number of aldehydes is 1. The van der Waals surface area contributed by atoms with Crippen molar-refractivity contribution in [2.45, 2.75) is 31.8 Å². The minimum Gasteiger partial charge on any atom is -0.488 e. The van der Waals surface area contributed by atoms with Gasteiger partial charge in [0.1, 0.15) is 11.4 Å². The van der Waals surface area contributed by atoms with E-state index in [2.05, 4.69) is 4.98 Å². The van der Waals surface area contributed by atoms with E-state index >= 15 is 0 Å². The Morgan fingerprint density at radius 2 is 2.21 bits per heavy atom. The summed E-state index contributed by atoms with van der Waals surface area (Å²) in [5, 5.41) is 0. The van der Waals surface area contributed by atoms with Crippen molar-refractivity contribution in [2.75, 3.05) is 0 Å². The molecule has 1 heterocycles. The van der Waals surface area contributed by atoms with E-state index in [9.17, 15) is 4.79 Å². The highest BCUT2D eigenvalue weighted by Gasteiger charge is 2.17. The van der Waals surface area contributed by atoms with Gasteiger partial charge in [-0.25, -0.2) is 4.98 Å². The highest BCUT2D eigenvalue weighted by molar-refractivity contribution is 5.76. The van der Waals surface area contributed by atoms with Gasteiger partial charge in [0.15, 0.2) is 6.29 Å². The van der Waals surface area contributed by atoms with Crippen molar-refractivity contribution in [3.8, 4) is 5.75 Å². The van der Waals surface area contributed by atoms with Crippen LogP contribution in [0.1, 0.15) is 36.2 Å². The molecule has 0 bridgehead atoms. The van der Waals surface area contributed by atoms with Gasteiger partial charge < -0.3 is 4.74 Å². The highest BCUT2D eigenvalue weighted by atomic mass is 16.5. The number of hydrogen-bond donors (Lipinski definition) is 0. The van der Waals surface area contributed by atoms with E-state index in [0.29, 0.717) is 11.4 Å². The summed E-state index contributed by atoms with van der Waals surface area (Å²) in [6, 6.07) is 3.59. The Kier molecular flexibility index (Phi) is 2.77. The molecule has 0 atom stereocenters. The third-order valence-electron chi connectivity index (χ3n) is 2.51.